The van der Waals surface area contributed by atoms with E-state index in [9.17, 15) is 4.79 Å². The largest absolute Gasteiger partial charge is 0.455 e. The number of aromatic nitrogens is 3. The molecule has 1 heterocycles. The van der Waals surface area contributed by atoms with Crippen LogP contribution in [0.25, 0.3) is 0 Å². The van der Waals surface area contributed by atoms with Crippen molar-refractivity contribution in [1.29, 1.82) is 0 Å². The van der Waals surface area contributed by atoms with E-state index in [0.717, 1.165) is 17.5 Å². The molecule has 0 saturated carbocycles. The number of hydrogen-bond donors (Lipinski definition) is 1. The van der Waals surface area contributed by atoms with E-state index in [1.54, 1.807) is 6.33 Å². The highest BCUT2D eigenvalue weighted by Gasteiger charge is 2.11. The van der Waals surface area contributed by atoms with Crippen LogP contribution in [0.2, 0.25) is 0 Å². The van der Waals surface area contributed by atoms with Crippen LogP contribution in [0, 0.1) is 0 Å². The van der Waals surface area contributed by atoms with Crippen molar-refractivity contribution < 1.29 is 9.53 Å². The molecule has 0 aliphatic heterocycles. The van der Waals surface area contributed by atoms with E-state index in [1.165, 1.54) is 11.8 Å². The smallest absolute Gasteiger partial charge is 0.234 e. The maximum atomic E-state index is 12.3. The van der Waals surface area contributed by atoms with Crippen molar-refractivity contribution in [2.75, 3.05) is 11.1 Å². The Labute approximate surface area is 150 Å². The first-order valence-electron chi connectivity index (χ1n) is 7.88. The van der Waals surface area contributed by atoms with Crippen LogP contribution >= 0.6 is 11.8 Å². The van der Waals surface area contributed by atoms with Gasteiger partial charge in [0, 0.05) is 6.54 Å². The Morgan fingerprint density at radius 3 is 2.72 bits per heavy atom. The Kier molecular flexibility index (Phi) is 5.69. The molecule has 128 valence electrons. The zero-order valence-corrected chi connectivity index (χ0v) is 14.6. The van der Waals surface area contributed by atoms with Crippen LogP contribution in [0.3, 0.4) is 0 Å². The lowest BCUT2D eigenvalue weighted by molar-refractivity contribution is -0.113. The Balaban J connectivity index is 1.63. The minimum absolute atomic E-state index is 0.125. The number of carbonyl (C=O) groups excluding carboxylic acids is 1. The highest BCUT2D eigenvalue weighted by atomic mass is 32.2. The molecular weight excluding hydrogens is 336 g/mol. The van der Waals surface area contributed by atoms with Crippen LogP contribution in [-0.2, 0) is 11.3 Å². The van der Waals surface area contributed by atoms with E-state index >= 15 is 0 Å². The first-order valence-corrected chi connectivity index (χ1v) is 8.87. The van der Waals surface area contributed by atoms with E-state index in [-0.39, 0.29) is 11.7 Å². The third kappa shape index (κ3) is 4.60. The molecule has 0 saturated heterocycles. The Morgan fingerprint density at radius 2 is 1.92 bits per heavy atom. The summed E-state index contributed by atoms with van der Waals surface area (Å²) in [7, 11) is 0. The van der Waals surface area contributed by atoms with Gasteiger partial charge in [-0.25, -0.2) is 0 Å². The second-order valence-corrected chi connectivity index (χ2v) is 6.09. The predicted octanol–water partition coefficient (Wildman–Crippen LogP) is 3.82. The molecule has 1 N–H and O–H groups in total. The van der Waals surface area contributed by atoms with Gasteiger partial charge in [0.25, 0.3) is 0 Å². The molecule has 7 heteroatoms. The quantitative estimate of drug-likeness (QED) is 0.653. The highest BCUT2D eigenvalue weighted by Crippen LogP contribution is 2.29. The molecular formula is C18H18N4O2S. The van der Waals surface area contributed by atoms with Crippen LogP contribution in [0.5, 0.6) is 11.5 Å². The minimum atomic E-state index is -0.125. The monoisotopic (exact) mass is 354 g/mol. The van der Waals surface area contributed by atoms with Crippen LogP contribution in [0.15, 0.2) is 66.1 Å². The van der Waals surface area contributed by atoms with Gasteiger partial charge in [-0.05, 0) is 31.2 Å². The Morgan fingerprint density at radius 1 is 1.16 bits per heavy atom. The highest BCUT2D eigenvalue weighted by molar-refractivity contribution is 7.99. The van der Waals surface area contributed by atoms with Crippen molar-refractivity contribution >= 4 is 23.4 Å². The van der Waals surface area contributed by atoms with E-state index in [0.29, 0.717) is 11.4 Å². The number of aryl methyl sites for hydroxylation is 1. The van der Waals surface area contributed by atoms with Crippen LogP contribution in [0.1, 0.15) is 6.92 Å². The molecule has 0 atom stereocenters. The van der Waals surface area contributed by atoms with Crippen LogP contribution in [0.4, 0.5) is 5.69 Å². The second-order valence-electron chi connectivity index (χ2n) is 5.15. The van der Waals surface area contributed by atoms with Gasteiger partial charge in [0.15, 0.2) is 10.9 Å². The molecule has 0 bridgehead atoms. The zero-order valence-electron chi connectivity index (χ0n) is 13.8. The second kappa shape index (κ2) is 8.34. The van der Waals surface area contributed by atoms with Crippen LogP contribution < -0.4 is 10.1 Å². The lowest BCUT2D eigenvalue weighted by atomic mass is 10.3. The van der Waals surface area contributed by atoms with Crippen molar-refractivity contribution in [3.63, 3.8) is 0 Å². The molecule has 0 radical (unpaired) electrons. The van der Waals surface area contributed by atoms with Gasteiger partial charge in [-0.2, -0.15) is 0 Å². The number of nitrogens with one attached hydrogen (secondary N) is 1. The van der Waals surface area contributed by atoms with E-state index in [4.69, 9.17) is 4.74 Å². The average Bonchev–Trinajstić information content (AvgIpc) is 3.10. The maximum absolute atomic E-state index is 12.3. The summed E-state index contributed by atoms with van der Waals surface area (Å²) in [5.74, 6) is 1.44. The van der Waals surface area contributed by atoms with Crippen molar-refractivity contribution in [3.8, 4) is 11.5 Å². The summed E-state index contributed by atoms with van der Waals surface area (Å²) in [5, 5.41) is 11.5. The number of anilines is 1. The van der Waals surface area contributed by atoms with E-state index in [2.05, 4.69) is 15.5 Å². The number of ether oxygens (including phenoxy) is 1. The summed E-state index contributed by atoms with van der Waals surface area (Å²) in [6.07, 6.45) is 1.66. The average molecular weight is 354 g/mol. The summed E-state index contributed by atoms with van der Waals surface area (Å²) < 4.78 is 7.74. The van der Waals surface area contributed by atoms with E-state index in [1.807, 2.05) is 66.1 Å². The molecule has 0 spiro atoms. The summed E-state index contributed by atoms with van der Waals surface area (Å²) in [6, 6.07) is 16.8. The van der Waals surface area contributed by atoms with Gasteiger partial charge in [-0.15, -0.1) is 10.2 Å². The fraction of sp³-hybridized carbons (Fsp3) is 0.167. The first kappa shape index (κ1) is 17.0. The number of para-hydroxylation sites is 3. The number of benzene rings is 2. The standard InChI is InChI=1S/C18H18N4O2S/c1-2-22-13-19-21-18(22)25-12-17(23)20-15-10-6-7-11-16(15)24-14-8-4-3-5-9-14/h3-11,13H,2,12H2,1H3,(H,20,23). The van der Waals surface area contributed by atoms with Gasteiger partial charge in [0.2, 0.25) is 5.91 Å². The zero-order chi connectivity index (χ0) is 17.5. The summed E-state index contributed by atoms with van der Waals surface area (Å²) in [4.78, 5) is 12.3. The molecule has 0 fully saturated rings. The molecule has 3 rings (SSSR count). The fourth-order valence-corrected chi connectivity index (χ4v) is 2.94. The Bertz CT molecular complexity index is 836. The molecule has 3 aromatic rings. The summed E-state index contributed by atoms with van der Waals surface area (Å²) in [5.41, 5.74) is 0.633. The van der Waals surface area contributed by atoms with Crippen LogP contribution in [-0.4, -0.2) is 26.4 Å². The first-order chi connectivity index (χ1) is 12.3. The molecule has 0 aliphatic carbocycles. The van der Waals surface area contributed by atoms with Gasteiger partial charge < -0.3 is 14.6 Å². The normalized spacial score (nSPS) is 10.4. The number of hydrogen-bond acceptors (Lipinski definition) is 5. The molecule has 2 aromatic carbocycles. The third-order valence-electron chi connectivity index (χ3n) is 3.39. The fourth-order valence-electron chi connectivity index (χ4n) is 2.16. The number of carbonyl (C=O) groups is 1. The van der Waals surface area contributed by atoms with Gasteiger partial charge in [-0.3, -0.25) is 4.79 Å². The van der Waals surface area contributed by atoms with Crippen molar-refractivity contribution in [2.24, 2.45) is 0 Å². The molecule has 6 nitrogen and oxygen atoms in total. The Hall–Kier alpha value is -2.80. The maximum Gasteiger partial charge on any atom is 0.234 e. The lowest BCUT2D eigenvalue weighted by Crippen LogP contribution is -2.15. The van der Waals surface area contributed by atoms with Crippen molar-refractivity contribution in [1.82, 2.24) is 14.8 Å². The van der Waals surface area contributed by atoms with Gasteiger partial charge in [0.05, 0.1) is 11.4 Å². The number of rotatable bonds is 7. The third-order valence-corrected chi connectivity index (χ3v) is 4.37. The topological polar surface area (TPSA) is 69.0 Å². The molecule has 1 amide bonds. The van der Waals surface area contributed by atoms with Gasteiger partial charge in [0.1, 0.15) is 12.1 Å². The number of thioether (sulfide) groups is 1. The SMILES string of the molecule is CCn1cnnc1SCC(=O)Nc1ccccc1Oc1ccccc1. The van der Waals surface area contributed by atoms with E-state index < -0.39 is 0 Å². The lowest BCUT2D eigenvalue weighted by Gasteiger charge is -2.12. The minimum Gasteiger partial charge on any atom is -0.455 e. The van der Waals surface area contributed by atoms with Gasteiger partial charge in [-0.1, -0.05) is 42.1 Å². The predicted molar refractivity (Wildman–Crippen MR) is 98.0 cm³/mol. The van der Waals surface area contributed by atoms with Crippen molar-refractivity contribution in [3.05, 3.63) is 60.9 Å². The molecule has 0 aliphatic rings. The molecule has 25 heavy (non-hydrogen) atoms. The molecule has 0 unspecified atom stereocenters. The van der Waals surface area contributed by atoms with Gasteiger partial charge >= 0.3 is 0 Å². The number of amides is 1. The summed E-state index contributed by atoms with van der Waals surface area (Å²) in [6.45, 7) is 2.77. The summed E-state index contributed by atoms with van der Waals surface area (Å²) >= 11 is 1.35. The number of nitrogens with zero attached hydrogens (tertiary/aromatic N) is 3. The molecule has 1 aromatic heterocycles. The van der Waals surface area contributed by atoms with Crippen molar-refractivity contribution in [2.45, 2.75) is 18.6 Å².